The molecule has 0 aromatic heterocycles. The summed E-state index contributed by atoms with van der Waals surface area (Å²) in [5, 5.41) is 13.7. The van der Waals surface area contributed by atoms with Crippen molar-refractivity contribution in [3.8, 4) is 0 Å². The molecule has 0 aromatic rings. The van der Waals surface area contributed by atoms with E-state index in [1.807, 2.05) is 27.2 Å². The highest BCUT2D eigenvalue weighted by atomic mass is 31.2. The first-order chi connectivity index (χ1) is 26.5. The highest BCUT2D eigenvalue weighted by Crippen LogP contribution is 2.38. The number of quaternary nitrogens is 1. The van der Waals surface area contributed by atoms with E-state index < -0.39 is 20.0 Å². The quantitative estimate of drug-likeness (QED) is 0.0276. The standard InChI is InChI=1S/C46H91N2O6P/c1-6-8-10-12-14-16-18-19-20-21-22-23-24-25-26-27-28-29-30-32-34-36-38-40-46(50)47-44(43-54-55(51,52)53-42-41-48(3,4)5)45(49)39-37-35-33-31-17-15-13-11-9-7-2/h17,31,37,39,44-45,49H,6-16,18-30,32-36,38,40-43H2,1-5H3,(H-,47,50,51,52)/b31-17+,39-37+/t44-,45+/m0/s1. The van der Waals surface area contributed by atoms with Crippen LogP contribution < -0.4 is 10.2 Å². The number of hydrogen-bond donors (Lipinski definition) is 2. The average Bonchev–Trinajstić information content (AvgIpc) is 3.13. The molecule has 0 aliphatic rings. The molecule has 0 heterocycles. The minimum atomic E-state index is -4.59. The van der Waals surface area contributed by atoms with Crippen molar-refractivity contribution in [1.29, 1.82) is 0 Å². The molecule has 1 unspecified atom stereocenters. The number of carbonyl (C=O) groups excluding carboxylic acids is 1. The minimum absolute atomic E-state index is 0.00454. The Kier molecular flexibility index (Phi) is 37.8. The van der Waals surface area contributed by atoms with Crippen molar-refractivity contribution in [2.75, 3.05) is 40.9 Å². The second kappa shape index (κ2) is 38.5. The summed E-state index contributed by atoms with van der Waals surface area (Å²) in [6, 6.07) is -0.897. The lowest BCUT2D eigenvalue weighted by Gasteiger charge is -2.29. The molecule has 0 saturated carbocycles. The zero-order valence-electron chi connectivity index (χ0n) is 36.9. The largest absolute Gasteiger partial charge is 0.756 e. The predicted octanol–water partition coefficient (Wildman–Crippen LogP) is 12.3. The summed E-state index contributed by atoms with van der Waals surface area (Å²) in [6.07, 6.45) is 45.3. The van der Waals surface area contributed by atoms with Crippen molar-refractivity contribution in [3.63, 3.8) is 0 Å². The molecule has 1 amide bonds. The molecule has 55 heavy (non-hydrogen) atoms. The topological polar surface area (TPSA) is 108 Å². The molecule has 0 radical (unpaired) electrons. The molecule has 8 nitrogen and oxygen atoms in total. The first-order valence-electron chi connectivity index (χ1n) is 23.2. The number of nitrogens with zero attached hydrogens (tertiary/aromatic N) is 1. The van der Waals surface area contributed by atoms with E-state index in [4.69, 9.17) is 9.05 Å². The lowest BCUT2D eigenvalue weighted by atomic mass is 10.0. The summed E-state index contributed by atoms with van der Waals surface area (Å²) in [4.78, 5) is 25.2. The van der Waals surface area contributed by atoms with E-state index in [9.17, 15) is 19.4 Å². The van der Waals surface area contributed by atoms with Gasteiger partial charge < -0.3 is 28.8 Å². The summed E-state index contributed by atoms with van der Waals surface area (Å²) in [6.45, 7) is 4.60. The van der Waals surface area contributed by atoms with Gasteiger partial charge in [0.15, 0.2) is 0 Å². The first kappa shape index (κ1) is 54.0. The fourth-order valence-corrected chi connectivity index (χ4v) is 7.42. The maximum absolute atomic E-state index is 12.8. The summed E-state index contributed by atoms with van der Waals surface area (Å²) >= 11 is 0. The van der Waals surface area contributed by atoms with Crippen LogP contribution in [0.25, 0.3) is 0 Å². The van der Waals surface area contributed by atoms with E-state index in [1.54, 1.807) is 6.08 Å². The number of carbonyl (C=O) groups is 1. The average molecular weight is 799 g/mol. The van der Waals surface area contributed by atoms with Crippen LogP contribution in [0.2, 0.25) is 0 Å². The molecule has 0 aliphatic heterocycles. The highest BCUT2D eigenvalue weighted by molar-refractivity contribution is 7.45. The zero-order valence-corrected chi connectivity index (χ0v) is 37.8. The highest BCUT2D eigenvalue weighted by Gasteiger charge is 2.23. The Labute approximate surface area is 341 Å². The fourth-order valence-electron chi connectivity index (χ4n) is 6.70. The Morgan fingerprint density at radius 1 is 0.618 bits per heavy atom. The van der Waals surface area contributed by atoms with Crippen LogP contribution in [0.15, 0.2) is 24.3 Å². The van der Waals surface area contributed by atoms with E-state index in [0.29, 0.717) is 17.4 Å². The number of hydrogen-bond acceptors (Lipinski definition) is 6. The third kappa shape index (κ3) is 41.0. The number of amides is 1. The Hall–Kier alpha value is -1.02. The molecule has 326 valence electrons. The number of likely N-dealkylation sites (N-methyl/N-ethyl adjacent to an activating group) is 1. The number of aliphatic hydroxyl groups excluding tert-OH is 1. The number of unbranched alkanes of at least 4 members (excludes halogenated alkanes) is 27. The number of phosphoric ester groups is 1. The summed E-state index contributed by atoms with van der Waals surface area (Å²) < 4.78 is 23.1. The molecule has 0 saturated heterocycles. The Balaban J connectivity index is 4.19. The van der Waals surface area contributed by atoms with Crippen LogP contribution in [0.5, 0.6) is 0 Å². The van der Waals surface area contributed by atoms with E-state index in [1.165, 1.54) is 154 Å². The predicted molar refractivity (Wildman–Crippen MR) is 233 cm³/mol. The fraction of sp³-hybridized carbons (Fsp3) is 0.891. The van der Waals surface area contributed by atoms with Crippen molar-refractivity contribution in [2.45, 2.75) is 225 Å². The molecule has 0 aliphatic carbocycles. The van der Waals surface area contributed by atoms with Gasteiger partial charge in [0.2, 0.25) is 5.91 Å². The second-order valence-electron chi connectivity index (χ2n) is 17.1. The van der Waals surface area contributed by atoms with Gasteiger partial charge in [-0.1, -0.05) is 199 Å². The molecule has 3 atom stereocenters. The van der Waals surface area contributed by atoms with Gasteiger partial charge in [-0.15, -0.1) is 0 Å². The Bertz CT molecular complexity index is 953. The molecule has 0 aromatic carbocycles. The maximum atomic E-state index is 12.8. The molecule has 9 heteroatoms. The van der Waals surface area contributed by atoms with Gasteiger partial charge in [0.25, 0.3) is 7.82 Å². The summed E-state index contributed by atoms with van der Waals surface area (Å²) in [5.41, 5.74) is 0. The zero-order chi connectivity index (χ0) is 40.7. The van der Waals surface area contributed by atoms with Gasteiger partial charge in [0.1, 0.15) is 13.2 Å². The molecule has 0 spiro atoms. The van der Waals surface area contributed by atoms with Gasteiger partial charge in [-0.2, -0.15) is 0 Å². The van der Waals surface area contributed by atoms with Crippen molar-refractivity contribution in [1.82, 2.24) is 5.32 Å². The monoisotopic (exact) mass is 799 g/mol. The number of rotatable bonds is 42. The molecule has 0 fully saturated rings. The van der Waals surface area contributed by atoms with E-state index in [2.05, 4.69) is 31.3 Å². The van der Waals surface area contributed by atoms with Gasteiger partial charge in [0, 0.05) is 6.42 Å². The van der Waals surface area contributed by atoms with Crippen molar-refractivity contribution in [2.24, 2.45) is 0 Å². The van der Waals surface area contributed by atoms with Gasteiger partial charge in [0.05, 0.1) is 39.9 Å². The number of phosphoric acid groups is 1. The van der Waals surface area contributed by atoms with Crippen LogP contribution in [-0.2, 0) is 18.4 Å². The van der Waals surface area contributed by atoms with Crippen LogP contribution in [0, 0.1) is 0 Å². The lowest BCUT2D eigenvalue weighted by molar-refractivity contribution is -0.870. The molecular formula is C46H91N2O6P. The lowest BCUT2D eigenvalue weighted by Crippen LogP contribution is -2.45. The normalized spacial score (nSPS) is 14.5. The molecule has 0 rings (SSSR count). The third-order valence-corrected chi connectivity index (χ3v) is 11.4. The SMILES string of the molecule is CCCCCC/C=C/CC/C=C/[C@@H](O)[C@H](COP(=O)([O-])OCC[N+](C)(C)C)NC(=O)CCCCCCCCCCCCCCCCCCCCCCCCC. The Morgan fingerprint density at radius 2 is 1.02 bits per heavy atom. The van der Waals surface area contributed by atoms with Gasteiger partial charge in [-0.05, 0) is 32.1 Å². The summed E-state index contributed by atoms with van der Waals surface area (Å²) in [5.74, 6) is -0.206. The molecule has 2 N–H and O–H groups in total. The van der Waals surface area contributed by atoms with Gasteiger partial charge >= 0.3 is 0 Å². The maximum Gasteiger partial charge on any atom is 0.268 e. The first-order valence-corrected chi connectivity index (χ1v) is 24.7. The van der Waals surface area contributed by atoms with Crippen LogP contribution in [-0.4, -0.2) is 68.5 Å². The van der Waals surface area contributed by atoms with Crippen molar-refractivity contribution in [3.05, 3.63) is 24.3 Å². The Morgan fingerprint density at radius 3 is 1.47 bits per heavy atom. The third-order valence-electron chi connectivity index (χ3n) is 10.4. The molecular weight excluding hydrogens is 707 g/mol. The number of nitrogens with one attached hydrogen (secondary N) is 1. The van der Waals surface area contributed by atoms with Gasteiger partial charge in [-0.25, -0.2) is 0 Å². The van der Waals surface area contributed by atoms with E-state index >= 15 is 0 Å². The van der Waals surface area contributed by atoms with Crippen LogP contribution >= 0.6 is 7.82 Å². The number of allylic oxidation sites excluding steroid dienone is 3. The smallest absolute Gasteiger partial charge is 0.268 e. The van der Waals surface area contributed by atoms with Crippen LogP contribution in [0.4, 0.5) is 0 Å². The van der Waals surface area contributed by atoms with Crippen molar-refractivity contribution >= 4 is 13.7 Å². The van der Waals surface area contributed by atoms with Gasteiger partial charge in [-0.3, -0.25) is 9.36 Å². The van der Waals surface area contributed by atoms with E-state index in [-0.39, 0.29) is 19.1 Å². The second-order valence-corrected chi connectivity index (χ2v) is 18.5. The number of aliphatic hydroxyl groups is 1. The van der Waals surface area contributed by atoms with Crippen LogP contribution in [0.1, 0.15) is 213 Å². The van der Waals surface area contributed by atoms with Crippen molar-refractivity contribution < 1.29 is 32.9 Å². The van der Waals surface area contributed by atoms with Crippen LogP contribution in [0.3, 0.4) is 0 Å². The summed E-state index contributed by atoms with van der Waals surface area (Å²) in [7, 11) is 1.25. The molecule has 0 bridgehead atoms. The van der Waals surface area contributed by atoms with E-state index in [0.717, 1.165) is 38.5 Å². The minimum Gasteiger partial charge on any atom is -0.756 e.